The zero-order chi connectivity index (χ0) is 19.8. The van der Waals surface area contributed by atoms with Gasteiger partial charge in [0.2, 0.25) is 0 Å². The summed E-state index contributed by atoms with van der Waals surface area (Å²) in [6.07, 6.45) is 2.85. The lowest BCUT2D eigenvalue weighted by Crippen LogP contribution is -2.20. The fourth-order valence-corrected chi connectivity index (χ4v) is 4.17. The molecule has 0 spiro atoms. The smallest absolute Gasteiger partial charge is 0.261 e. The molecular weight excluding hydrogens is 406 g/mol. The van der Waals surface area contributed by atoms with E-state index < -0.39 is 0 Å². The summed E-state index contributed by atoms with van der Waals surface area (Å²) in [7, 11) is 0. The number of ether oxygens (including phenoxy) is 1. The Labute approximate surface area is 175 Å². The summed E-state index contributed by atoms with van der Waals surface area (Å²) in [4.78, 5) is 21.7. The van der Waals surface area contributed by atoms with Crippen LogP contribution in [0.5, 0.6) is 5.75 Å². The van der Waals surface area contributed by atoms with Gasteiger partial charge >= 0.3 is 0 Å². The van der Waals surface area contributed by atoms with Crippen LogP contribution >= 0.6 is 22.9 Å². The third-order valence-corrected chi connectivity index (χ3v) is 5.77. The second-order valence-electron chi connectivity index (χ2n) is 6.81. The number of aromatic nitrogens is 3. The lowest BCUT2D eigenvalue weighted by atomic mass is 10.1. The molecule has 0 saturated heterocycles. The normalized spacial score (nSPS) is 14.4. The Kier molecular flexibility index (Phi) is 4.66. The first-order chi connectivity index (χ1) is 14.2. The summed E-state index contributed by atoms with van der Waals surface area (Å²) in [6.45, 7) is 1.09. The monoisotopic (exact) mass is 421 g/mol. The largest absolute Gasteiger partial charge is 0.487 e. The molecule has 0 fully saturated rings. The zero-order valence-electron chi connectivity index (χ0n) is 15.3. The van der Waals surface area contributed by atoms with E-state index in [1.165, 1.54) is 0 Å². The van der Waals surface area contributed by atoms with E-state index in [1.54, 1.807) is 39.6 Å². The molecule has 29 heavy (non-hydrogen) atoms. The van der Waals surface area contributed by atoms with E-state index in [-0.39, 0.29) is 5.56 Å². The molecule has 4 aromatic rings. The number of nitrogens with zero attached hydrogens (tertiary/aromatic N) is 3. The second-order valence-corrected chi connectivity index (χ2v) is 7.97. The van der Waals surface area contributed by atoms with Gasteiger partial charge in [0.1, 0.15) is 18.2 Å². The zero-order valence-corrected chi connectivity index (χ0v) is 16.9. The Bertz CT molecular complexity index is 1280. The van der Waals surface area contributed by atoms with E-state index in [9.17, 15) is 4.79 Å². The van der Waals surface area contributed by atoms with Crippen molar-refractivity contribution in [1.29, 1.82) is 0 Å². The third-order valence-electron chi connectivity index (χ3n) is 4.90. The molecule has 5 nitrogen and oxygen atoms in total. The van der Waals surface area contributed by atoms with Crippen molar-refractivity contribution in [3.05, 3.63) is 85.8 Å². The predicted molar refractivity (Wildman–Crippen MR) is 116 cm³/mol. The Morgan fingerprint density at radius 1 is 1.21 bits per heavy atom. The van der Waals surface area contributed by atoms with Crippen LogP contribution in [0.15, 0.2) is 58.1 Å². The predicted octanol–water partition coefficient (Wildman–Crippen LogP) is 5.03. The van der Waals surface area contributed by atoms with Crippen LogP contribution in [0.2, 0.25) is 5.02 Å². The molecule has 0 radical (unpaired) electrons. The quantitative estimate of drug-likeness (QED) is 0.463. The van der Waals surface area contributed by atoms with Gasteiger partial charge in [0.05, 0.1) is 22.1 Å². The lowest BCUT2D eigenvalue weighted by molar-refractivity contribution is 0.302. The number of hydrogen-bond acceptors (Lipinski definition) is 5. The van der Waals surface area contributed by atoms with Crippen molar-refractivity contribution in [2.45, 2.75) is 19.6 Å². The summed E-state index contributed by atoms with van der Waals surface area (Å²) in [6, 6.07) is 13.1. The topological polar surface area (TPSA) is 57.0 Å². The number of allylic oxidation sites excluding steroid dienone is 1. The summed E-state index contributed by atoms with van der Waals surface area (Å²) >= 11 is 7.60. The van der Waals surface area contributed by atoms with Crippen LogP contribution in [0.25, 0.3) is 22.6 Å². The molecule has 0 aliphatic carbocycles. The van der Waals surface area contributed by atoms with Gasteiger partial charge in [-0.1, -0.05) is 23.7 Å². The van der Waals surface area contributed by atoms with Gasteiger partial charge in [-0.25, -0.2) is 9.97 Å². The van der Waals surface area contributed by atoms with Crippen LogP contribution in [-0.4, -0.2) is 14.5 Å². The number of halogens is 1. The lowest BCUT2D eigenvalue weighted by Gasteiger charge is -2.06. The first kappa shape index (κ1) is 18.1. The molecule has 0 atom stereocenters. The van der Waals surface area contributed by atoms with E-state index in [2.05, 4.69) is 11.1 Å². The minimum atomic E-state index is -0.0401. The van der Waals surface area contributed by atoms with Gasteiger partial charge in [0, 0.05) is 16.9 Å². The highest BCUT2D eigenvalue weighted by atomic mass is 35.5. The van der Waals surface area contributed by atoms with Gasteiger partial charge in [0.15, 0.2) is 0 Å². The molecular formula is C22H16ClN3O2S. The van der Waals surface area contributed by atoms with Crippen LogP contribution in [-0.2, 0) is 13.2 Å². The second kappa shape index (κ2) is 7.46. The highest BCUT2D eigenvalue weighted by Crippen LogP contribution is 2.28. The summed E-state index contributed by atoms with van der Waals surface area (Å²) in [5, 5.41) is 3.08. The Hall–Kier alpha value is -2.96. The van der Waals surface area contributed by atoms with Crippen LogP contribution in [0.1, 0.15) is 23.5 Å². The van der Waals surface area contributed by atoms with E-state index in [1.807, 2.05) is 29.6 Å². The maximum absolute atomic E-state index is 12.8. The van der Waals surface area contributed by atoms with Gasteiger partial charge in [-0.15, -0.1) is 11.3 Å². The Morgan fingerprint density at radius 2 is 2.07 bits per heavy atom. The molecule has 7 heteroatoms. The minimum absolute atomic E-state index is 0.0401. The van der Waals surface area contributed by atoms with Gasteiger partial charge in [0.25, 0.3) is 5.56 Å². The molecule has 0 amide bonds. The maximum Gasteiger partial charge on any atom is 0.261 e. The van der Waals surface area contributed by atoms with E-state index in [0.29, 0.717) is 29.1 Å². The van der Waals surface area contributed by atoms with E-state index in [4.69, 9.17) is 21.3 Å². The Balaban J connectivity index is 1.42. The summed E-state index contributed by atoms with van der Waals surface area (Å²) in [5.41, 5.74) is 5.44. The van der Waals surface area contributed by atoms with E-state index >= 15 is 0 Å². The standard InChI is InChI=1S/C22H16ClN3O2S/c23-16-3-6-20-19(10-16)22(27)26-8-7-15(21(26)25-20)9-14-1-4-18(5-2-14)28-11-17-12-29-13-24-17/h1-6,9-10,12-13H,7-8,11H2/b15-9-. The molecule has 0 unspecified atom stereocenters. The molecule has 144 valence electrons. The van der Waals surface area contributed by atoms with Crippen molar-refractivity contribution in [3.63, 3.8) is 0 Å². The third kappa shape index (κ3) is 3.57. The highest BCUT2D eigenvalue weighted by molar-refractivity contribution is 7.07. The molecule has 5 rings (SSSR count). The first-order valence-electron chi connectivity index (χ1n) is 9.18. The molecule has 2 aromatic heterocycles. The van der Waals surface area contributed by atoms with Crippen molar-refractivity contribution >= 4 is 45.5 Å². The van der Waals surface area contributed by atoms with Crippen molar-refractivity contribution in [2.24, 2.45) is 0 Å². The molecule has 1 aliphatic rings. The van der Waals surface area contributed by atoms with Crippen LogP contribution < -0.4 is 10.3 Å². The SMILES string of the molecule is O=c1c2cc(Cl)ccc2nc2n1CC/C2=C/c1ccc(OCc2cscn2)cc1. The molecule has 0 bridgehead atoms. The van der Waals surface area contributed by atoms with Crippen LogP contribution in [0.4, 0.5) is 0 Å². The van der Waals surface area contributed by atoms with Crippen LogP contribution in [0, 0.1) is 0 Å². The van der Waals surface area contributed by atoms with E-state index in [0.717, 1.165) is 34.8 Å². The molecule has 1 aliphatic heterocycles. The highest BCUT2D eigenvalue weighted by Gasteiger charge is 2.20. The molecule has 0 N–H and O–H groups in total. The average molecular weight is 422 g/mol. The number of benzene rings is 2. The minimum Gasteiger partial charge on any atom is -0.487 e. The maximum atomic E-state index is 12.8. The van der Waals surface area contributed by atoms with Gasteiger partial charge in [-0.2, -0.15) is 0 Å². The first-order valence-corrected chi connectivity index (χ1v) is 10.5. The van der Waals surface area contributed by atoms with Gasteiger partial charge in [-0.05, 0) is 54.0 Å². The van der Waals surface area contributed by atoms with Crippen molar-refractivity contribution in [2.75, 3.05) is 0 Å². The number of hydrogen-bond donors (Lipinski definition) is 0. The van der Waals surface area contributed by atoms with Crippen LogP contribution in [0.3, 0.4) is 0 Å². The number of thiazole rings is 1. The van der Waals surface area contributed by atoms with Crippen molar-refractivity contribution < 1.29 is 4.74 Å². The number of rotatable bonds is 4. The molecule has 0 saturated carbocycles. The molecule has 2 aromatic carbocycles. The summed E-state index contributed by atoms with van der Waals surface area (Å²) < 4.78 is 7.49. The Morgan fingerprint density at radius 3 is 2.86 bits per heavy atom. The van der Waals surface area contributed by atoms with Crippen molar-refractivity contribution in [3.8, 4) is 5.75 Å². The van der Waals surface area contributed by atoms with Gasteiger partial charge < -0.3 is 4.74 Å². The van der Waals surface area contributed by atoms with Gasteiger partial charge in [-0.3, -0.25) is 9.36 Å². The number of fused-ring (bicyclic) bond motifs is 2. The fraction of sp³-hybridized carbons (Fsp3) is 0.136. The fourth-order valence-electron chi connectivity index (χ4n) is 3.45. The van der Waals surface area contributed by atoms with Crippen molar-refractivity contribution in [1.82, 2.24) is 14.5 Å². The molecule has 3 heterocycles. The summed E-state index contributed by atoms with van der Waals surface area (Å²) in [5.74, 6) is 1.53. The average Bonchev–Trinajstić information content (AvgIpc) is 3.39.